The normalized spacial score (nSPS) is 17.9. The summed E-state index contributed by atoms with van der Waals surface area (Å²) >= 11 is 8.28. The van der Waals surface area contributed by atoms with Crippen LogP contribution in [0.15, 0.2) is 58.3 Å². The molecule has 1 amide bonds. The van der Waals surface area contributed by atoms with Gasteiger partial charge in [-0.05, 0) is 35.4 Å². The van der Waals surface area contributed by atoms with Gasteiger partial charge in [0, 0.05) is 48.6 Å². The van der Waals surface area contributed by atoms with Crippen LogP contribution in [0.1, 0.15) is 11.1 Å². The summed E-state index contributed by atoms with van der Waals surface area (Å²) < 4.78 is 10.8. The number of hydrogen-bond donors (Lipinski definition) is 0. The van der Waals surface area contributed by atoms with Crippen LogP contribution in [-0.4, -0.2) is 68.3 Å². The van der Waals surface area contributed by atoms with Crippen molar-refractivity contribution in [1.82, 2.24) is 9.80 Å². The molecule has 164 valence electrons. The largest absolute Gasteiger partial charge is 0.379 e. The molecule has 2 aliphatic rings. The highest BCUT2D eigenvalue weighted by Gasteiger charge is 2.15. The molecule has 2 aliphatic heterocycles. The third kappa shape index (κ3) is 6.34. The van der Waals surface area contributed by atoms with Gasteiger partial charge < -0.3 is 14.4 Å². The zero-order valence-corrected chi connectivity index (χ0v) is 19.0. The number of morpholine rings is 2. The van der Waals surface area contributed by atoms with Crippen LogP contribution in [0, 0.1) is 0 Å². The smallest absolute Gasteiger partial charge is 0.246 e. The molecule has 2 aromatic rings. The fourth-order valence-electron chi connectivity index (χ4n) is 3.61. The van der Waals surface area contributed by atoms with Crippen molar-refractivity contribution in [2.45, 2.75) is 16.3 Å². The number of amides is 1. The second kappa shape index (κ2) is 11.2. The summed E-state index contributed by atoms with van der Waals surface area (Å²) in [4.78, 5) is 18.7. The molecule has 0 unspecified atom stereocenters. The number of nitrogens with zero attached hydrogens (tertiary/aromatic N) is 2. The summed E-state index contributed by atoms with van der Waals surface area (Å²) in [7, 11) is 0. The lowest BCUT2D eigenvalue weighted by Crippen LogP contribution is -2.39. The number of halogens is 1. The van der Waals surface area contributed by atoms with Gasteiger partial charge >= 0.3 is 0 Å². The maximum Gasteiger partial charge on any atom is 0.246 e. The number of benzene rings is 2. The first-order valence-corrected chi connectivity index (χ1v) is 11.8. The minimum absolute atomic E-state index is 0.00918. The Morgan fingerprint density at radius 2 is 1.68 bits per heavy atom. The van der Waals surface area contributed by atoms with Crippen molar-refractivity contribution in [1.29, 1.82) is 0 Å². The molecule has 0 radical (unpaired) electrons. The zero-order chi connectivity index (χ0) is 21.5. The van der Waals surface area contributed by atoms with Crippen molar-refractivity contribution < 1.29 is 14.3 Å². The molecule has 0 aliphatic carbocycles. The number of hydrogen-bond acceptors (Lipinski definition) is 5. The molecule has 31 heavy (non-hydrogen) atoms. The fraction of sp³-hybridized carbons (Fsp3) is 0.375. The van der Waals surface area contributed by atoms with Gasteiger partial charge in [0.2, 0.25) is 5.91 Å². The quantitative estimate of drug-likeness (QED) is 0.607. The molecule has 0 saturated carbocycles. The summed E-state index contributed by atoms with van der Waals surface area (Å²) in [5, 5.41) is 0.687. The van der Waals surface area contributed by atoms with Crippen molar-refractivity contribution in [3.05, 3.63) is 64.7 Å². The topological polar surface area (TPSA) is 42.0 Å². The van der Waals surface area contributed by atoms with Gasteiger partial charge in [0.15, 0.2) is 0 Å². The van der Waals surface area contributed by atoms with Gasteiger partial charge in [-0.15, -0.1) is 0 Å². The number of rotatable bonds is 6. The van der Waals surface area contributed by atoms with Gasteiger partial charge in [-0.25, -0.2) is 0 Å². The molecule has 2 fully saturated rings. The molecule has 2 aromatic carbocycles. The van der Waals surface area contributed by atoms with Gasteiger partial charge in [0.1, 0.15) is 0 Å². The Morgan fingerprint density at radius 3 is 2.42 bits per heavy atom. The summed E-state index contributed by atoms with van der Waals surface area (Å²) in [5.41, 5.74) is 2.21. The number of ether oxygens (including phenoxy) is 2. The van der Waals surface area contributed by atoms with Crippen molar-refractivity contribution in [2.24, 2.45) is 0 Å². The van der Waals surface area contributed by atoms with Crippen LogP contribution in [-0.2, 0) is 20.8 Å². The van der Waals surface area contributed by atoms with E-state index in [9.17, 15) is 4.79 Å². The van der Waals surface area contributed by atoms with Gasteiger partial charge in [-0.1, -0.05) is 47.6 Å². The second-order valence-electron chi connectivity index (χ2n) is 7.56. The van der Waals surface area contributed by atoms with E-state index in [2.05, 4.69) is 29.2 Å². The van der Waals surface area contributed by atoms with Crippen LogP contribution in [0.4, 0.5) is 0 Å². The van der Waals surface area contributed by atoms with E-state index in [1.54, 1.807) is 22.7 Å². The highest BCUT2D eigenvalue weighted by atomic mass is 35.5. The zero-order valence-electron chi connectivity index (χ0n) is 17.5. The Bertz CT molecular complexity index is 925. The summed E-state index contributed by atoms with van der Waals surface area (Å²) in [6, 6.07) is 14.4. The number of carbonyl (C=O) groups excluding carboxylic acids is 1. The third-order valence-electron chi connectivity index (χ3n) is 5.39. The average molecular weight is 459 g/mol. The lowest BCUT2D eigenvalue weighted by atomic mass is 10.2. The molecule has 0 N–H and O–H groups in total. The van der Waals surface area contributed by atoms with E-state index in [0.717, 1.165) is 43.3 Å². The van der Waals surface area contributed by atoms with E-state index in [0.29, 0.717) is 31.3 Å². The Balaban J connectivity index is 1.42. The average Bonchev–Trinajstić information content (AvgIpc) is 2.81. The molecule has 5 nitrogen and oxygen atoms in total. The molecular weight excluding hydrogens is 432 g/mol. The predicted octanol–water partition coefficient (Wildman–Crippen LogP) is 4.20. The maximum absolute atomic E-state index is 12.3. The standard InChI is InChI=1S/C24H27ClN2O3S/c25-21-17-19(6-8-24(28)27-11-15-30-16-12-27)5-7-23(21)31-22-4-2-1-3-20(22)18-26-9-13-29-14-10-26/h1-8,17H,9-16,18H2. The van der Waals surface area contributed by atoms with E-state index >= 15 is 0 Å². The van der Waals surface area contributed by atoms with Crippen molar-refractivity contribution in [3.63, 3.8) is 0 Å². The van der Waals surface area contributed by atoms with Crippen molar-refractivity contribution >= 4 is 35.3 Å². The molecule has 2 heterocycles. The molecule has 4 rings (SSSR count). The number of carbonyl (C=O) groups is 1. The van der Waals surface area contributed by atoms with Crippen LogP contribution in [0.5, 0.6) is 0 Å². The van der Waals surface area contributed by atoms with Crippen LogP contribution >= 0.6 is 23.4 Å². The van der Waals surface area contributed by atoms with Crippen LogP contribution in [0.3, 0.4) is 0 Å². The highest BCUT2D eigenvalue weighted by molar-refractivity contribution is 7.99. The molecule has 2 saturated heterocycles. The monoisotopic (exact) mass is 458 g/mol. The van der Waals surface area contributed by atoms with E-state index in [1.807, 2.05) is 24.3 Å². The Kier molecular flexibility index (Phi) is 8.05. The van der Waals surface area contributed by atoms with E-state index in [1.165, 1.54) is 10.5 Å². The summed E-state index contributed by atoms with van der Waals surface area (Å²) in [5.74, 6) is 0.00918. The lowest BCUT2D eigenvalue weighted by Gasteiger charge is -2.27. The Labute approximate surface area is 193 Å². The predicted molar refractivity (Wildman–Crippen MR) is 125 cm³/mol. The van der Waals surface area contributed by atoms with E-state index < -0.39 is 0 Å². The molecule has 0 atom stereocenters. The molecule has 0 spiro atoms. The van der Waals surface area contributed by atoms with E-state index in [4.69, 9.17) is 21.1 Å². The van der Waals surface area contributed by atoms with Crippen LogP contribution < -0.4 is 0 Å². The third-order valence-corrected chi connectivity index (χ3v) is 7.01. The van der Waals surface area contributed by atoms with Gasteiger partial charge in [0.25, 0.3) is 0 Å². The minimum atomic E-state index is 0.00918. The lowest BCUT2D eigenvalue weighted by molar-refractivity contribution is -0.129. The van der Waals surface area contributed by atoms with Gasteiger partial charge in [-0.2, -0.15) is 0 Å². The van der Waals surface area contributed by atoms with Gasteiger partial charge in [-0.3, -0.25) is 9.69 Å². The summed E-state index contributed by atoms with van der Waals surface area (Å²) in [6.45, 7) is 6.91. The summed E-state index contributed by atoms with van der Waals surface area (Å²) in [6.07, 6.45) is 3.44. The minimum Gasteiger partial charge on any atom is -0.379 e. The molecule has 0 bridgehead atoms. The molecular formula is C24H27ClN2O3S. The van der Waals surface area contributed by atoms with Gasteiger partial charge in [0.05, 0.1) is 31.5 Å². The Morgan fingerprint density at radius 1 is 0.968 bits per heavy atom. The first-order valence-electron chi connectivity index (χ1n) is 10.6. The first kappa shape index (κ1) is 22.4. The SMILES string of the molecule is O=C(C=Cc1ccc(Sc2ccccc2CN2CCOCC2)c(Cl)c1)N1CCOCC1. The fourth-order valence-corrected chi connectivity index (χ4v) is 4.86. The Hall–Kier alpha value is -1.83. The van der Waals surface area contributed by atoms with Crippen LogP contribution in [0.2, 0.25) is 5.02 Å². The first-order chi connectivity index (χ1) is 15.2. The van der Waals surface area contributed by atoms with Crippen molar-refractivity contribution in [3.8, 4) is 0 Å². The van der Waals surface area contributed by atoms with Crippen molar-refractivity contribution in [2.75, 3.05) is 52.6 Å². The van der Waals surface area contributed by atoms with E-state index in [-0.39, 0.29) is 5.91 Å². The van der Waals surface area contributed by atoms with Crippen LogP contribution in [0.25, 0.3) is 6.08 Å². The second-order valence-corrected chi connectivity index (χ2v) is 9.05. The molecule has 7 heteroatoms. The molecule has 0 aromatic heterocycles. The highest BCUT2D eigenvalue weighted by Crippen LogP contribution is 2.36. The maximum atomic E-state index is 12.3.